The fourth-order valence-electron chi connectivity index (χ4n) is 2.48. The summed E-state index contributed by atoms with van der Waals surface area (Å²) in [6.45, 7) is 11.1. The number of nitrogens with one attached hydrogen (secondary N) is 1. The highest BCUT2D eigenvalue weighted by atomic mass is 79.9. The molecule has 2 aromatic carbocycles. The van der Waals surface area contributed by atoms with Crippen molar-refractivity contribution >= 4 is 27.5 Å². The van der Waals surface area contributed by atoms with Crippen LogP contribution in [0, 0.1) is 5.92 Å². The van der Waals surface area contributed by atoms with Crippen LogP contribution >= 0.6 is 15.9 Å². The van der Waals surface area contributed by atoms with Crippen molar-refractivity contribution in [2.45, 2.75) is 40.0 Å². The summed E-state index contributed by atoms with van der Waals surface area (Å²) in [6, 6.07) is 13.2. The topological polar surface area (TPSA) is 47.6 Å². The number of anilines is 1. The molecule has 146 valence electrons. The third kappa shape index (κ3) is 6.90. The summed E-state index contributed by atoms with van der Waals surface area (Å²) < 4.78 is 12.5. The van der Waals surface area contributed by atoms with Crippen LogP contribution in [0.3, 0.4) is 0 Å². The average molecular weight is 434 g/mol. The van der Waals surface area contributed by atoms with E-state index < -0.39 is 0 Å². The molecule has 1 N–H and O–H groups in total. The summed E-state index contributed by atoms with van der Waals surface area (Å²) in [7, 11) is 0. The van der Waals surface area contributed by atoms with Crippen molar-refractivity contribution in [1.29, 1.82) is 0 Å². The van der Waals surface area contributed by atoms with Gasteiger partial charge in [-0.3, -0.25) is 4.79 Å². The van der Waals surface area contributed by atoms with E-state index in [1.807, 2.05) is 42.5 Å². The first-order valence-corrected chi connectivity index (χ1v) is 9.90. The zero-order valence-corrected chi connectivity index (χ0v) is 18.2. The van der Waals surface area contributed by atoms with Crippen LogP contribution < -0.4 is 14.8 Å². The molecule has 0 aliphatic heterocycles. The smallest absolute Gasteiger partial charge is 0.262 e. The van der Waals surface area contributed by atoms with Gasteiger partial charge in [-0.1, -0.05) is 56.6 Å². The normalized spacial score (nSPS) is 11.4. The van der Waals surface area contributed by atoms with Gasteiger partial charge in [0.1, 0.15) is 11.5 Å². The molecule has 0 heterocycles. The highest BCUT2D eigenvalue weighted by Gasteiger charge is 2.20. The molecule has 0 atom stereocenters. The van der Waals surface area contributed by atoms with Crippen molar-refractivity contribution in [3.63, 3.8) is 0 Å². The van der Waals surface area contributed by atoms with Crippen molar-refractivity contribution in [1.82, 2.24) is 0 Å². The molecule has 0 aromatic heterocycles. The van der Waals surface area contributed by atoms with Crippen molar-refractivity contribution in [2.75, 3.05) is 18.5 Å². The first-order valence-electron chi connectivity index (χ1n) is 9.10. The van der Waals surface area contributed by atoms with Crippen LogP contribution in [0.25, 0.3) is 0 Å². The highest BCUT2D eigenvalue weighted by molar-refractivity contribution is 9.10. The maximum Gasteiger partial charge on any atom is 0.262 e. The number of amides is 1. The van der Waals surface area contributed by atoms with Gasteiger partial charge in [0.15, 0.2) is 6.61 Å². The first-order chi connectivity index (χ1) is 12.6. The molecule has 0 radical (unpaired) electrons. The first kappa shape index (κ1) is 21.3. The predicted octanol–water partition coefficient (Wildman–Crippen LogP) is 5.80. The molecule has 0 spiro atoms. The Kier molecular flexibility index (Phi) is 7.31. The van der Waals surface area contributed by atoms with Crippen molar-refractivity contribution in [3.05, 3.63) is 52.5 Å². The summed E-state index contributed by atoms with van der Waals surface area (Å²) in [5, 5.41) is 2.86. The number of carbonyl (C=O) groups is 1. The van der Waals surface area contributed by atoms with Gasteiger partial charge in [-0.15, -0.1) is 0 Å². The predicted molar refractivity (Wildman–Crippen MR) is 114 cm³/mol. The maximum atomic E-state index is 12.3. The molecule has 0 aliphatic rings. The van der Waals surface area contributed by atoms with E-state index in [2.05, 4.69) is 55.9 Å². The maximum absolute atomic E-state index is 12.3. The lowest BCUT2D eigenvalue weighted by molar-refractivity contribution is -0.118. The second-order valence-electron chi connectivity index (χ2n) is 7.96. The molecule has 0 fully saturated rings. The van der Waals surface area contributed by atoms with Gasteiger partial charge < -0.3 is 14.8 Å². The number of hydrogen-bond donors (Lipinski definition) is 1. The van der Waals surface area contributed by atoms with E-state index in [-0.39, 0.29) is 17.9 Å². The lowest BCUT2D eigenvalue weighted by atomic mass is 9.86. The quantitative estimate of drug-likeness (QED) is 0.599. The zero-order valence-electron chi connectivity index (χ0n) is 16.6. The Labute approximate surface area is 170 Å². The summed E-state index contributed by atoms with van der Waals surface area (Å²) in [6.07, 6.45) is 0. The molecular formula is C22H28BrNO3. The van der Waals surface area contributed by atoms with Crippen molar-refractivity contribution in [2.24, 2.45) is 5.92 Å². The third-order valence-electron chi connectivity index (χ3n) is 3.81. The van der Waals surface area contributed by atoms with E-state index in [9.17, 15) is 4.79 Å². The summed E-state index contributed by atoms with van der Waals surface area (Å²) in [5.74, 6) is 1.69. The Morgan fingerprint density at radius 3 is 2.52 bits per heavy atom. The van der Waals surface area contributed by atoms with Gasteiger partial charge in [0.05, 0.1) is 6.61 Å². The van der Waals surface area contributed by atoms with Crippen LogP contribution in [0.4, 0.5) is 5.69 Å². The van der Waals surface area contributed by atoms with Crippen LogP contribution in [0.5, 0.6) is 11.5 Å². The minimum absolute atomic E-state index is 0.0538. The van der Waals surface area contributed by atoms with Crippen molar-refractivity contribution in [3.8, 4) is 11.5 Å². The van der Waals surface area contributed by atoms with Gasteiger partial charge in [0, 0.05) is 21.8 Å². The molecule has 2 rings (SSSR count). The summed E-state index contributed by atoms with van der Waals surface area (Å²) in [4.78, 5) is 12.3. The third-order valence-corrected chi connectivity index (χ3v) is 4.30. The standard InChI is InChI=1S/C22H28BrNO3/c1-15(2)13-26-18-8-6-7-17(12-18)24-21(25)14-27-20-10-9-16(23)11-19(20)22(3,4)5/h6-12,15H,13-14H2,1-5H3,(H,24,25). The largest absolute Gasteiger partial charge is 0.493 e. The Morgan fingerprint density at radius 1 is 1.11 bits per heavy atom. The Bertz CT molecular complexity index is 781. The fourth-order valence-corrected chi connectivity index (χ4v) is 2.84. The van der Waals surface area contributed by atoms with Gasteiger partial charge >= 0.3 is 0 Å². The van der Waals surface area contributed by atoms with Gasteiger partial charge in [-0.2, -0.15) is 0 Å². The van der Waals surface area contributed by atoms with E-state index in [0.717, 1.165) is 21.5 Å². The second-order valence-corrected chi connectivity index (χ2v) is 8.88. The lowest BCUT2D eigenvalue weighted by Gasteiger charge is -2.23. The van der Waals surface area contributed by atoms with Gasteiger partial charge in [0.2, 0.25) is 0 Å². The minimum atomic E-state index is -0.209. The number of rotatable bonds is 7. The monoisotopic (exact) mass is 433 g/mol. The summed E-state index contributed by atoms with van der Waals surface area (Å²) in [5.41, 5.74) is 1.66. The molecule has 27 heavy (non-hydrogen) atoms. The fraction of sp³-hybridized carbons (Fsp3) is 0.409. The van der Waals surface area contributed by atoms with Crippen LogP contribution in [0.1, 0.15) is 40.2 Å². The molecule has 0 unspecified atom stereocenters. The highest BCUT2D eigenvalue weighted by Crippen LogP contribution is 2.33. The molecule has 5 heteroatoms. The van der Waals surface area contributed by atoms with Crippen LogP contribution in [0.2, 0.25) is 0 Å². The van der Waals surface area contributed by atoms with Gasteiger partial charge in [0.25, 0.3) is 5.91 Å². The van der Waals surface area contributed by atoms with Crippen LogP contribution in [0.15, 0.2) is 46.9 Å². The minimum Gasteiger partial charge on any atom is -0.493 e. The number of halogens is 1. The van der Waals surface area contributed by atoms with Gasteiger partial charge in [-0.25, -0.2) is 0 Å². The van der Waals surface area contributed by atoms with Crippen LogP contribution in [-0.2, 0) is 10.2 Å². The molecule has 0 aliphatic carbocycles. The van der Waals surface area contributed by atoms with E-state index in [0.29, 0.717) is 18.2 Å². The second kappa shape index (κ2) is 9.27. The number of benzene rings is 2. The molecule has 0 bridgehead atoms. The Morgan fingerprint density at radius 2 is 1.85 bits per heavy atom. The van der Waals surface area contributed by atoms with E-state index in [1.165, 1.54) is 0 Å². The molecular weight excluding hydrogens is 406 g/mol. The van der Waals surface area contributed by atoms with E-state index in [4.69, 9.17) is 9.47 Å². The lowest BCUT2D eigenvalue weighted by Crippen LogP contribution is -2.22. The number of carbonyl (C=O) groups excluding carboxylic acids is 1. The van der Waals surface area contributed by atoms with E-state index >= 15 is 0 Å². The molecule has 0 saturated heterocycles. The Hall–Kier alpha value is -2.01. The van der Waals surface area contributed by atoms with E-state index in [1.54, 1.807) is 0 Å². The number of ether oxygens (including phenoxy) is 2. The average Bonchev–Trinajstić information content (AvgIpc) is 2.58. The molecule has 1 amide bonds. The Balaban J connectivity index is 1.98. The molecule has 0 saturated carbocycles. The van der Waals surface area contributed by atoms with Crippen LogP contribution in [-0.4, -0.2) is 19.1 Å². The zero-order chi connectivity index (χ0) is 20.0. The molecule has 2 aromatic rings. The summed E-state index contributed by atoms with van der Waals surface area (Å²) >= 11 is 3.49. The van der Waals surface area contributed by atoms with Gasteiger partial charge in [-0.05, 0) is 41.7 Å². The molecule has 4 nitrogen and oxygen atoms in total. The van der Waals surface area contributed by atoms with Crippen molar-refractivity contribution < 1.29 is 14.3 Å². The number of hydrogen-bond acceptors (Lipinski definition) is 3. The SMILES string of the molecule is CC(C)COc1cccc(NC(=O)COc2ccc(Br)cc2C(C)(C)C)c1.